The van der Waals surface area contributed by atoms with Crippen LogP contribution in [0.15, 0.2) is 54.1 Å². The Kier molecular flexibility index (Phi) is 9.99. The molecule has 4 atom stereocenters. The zero-order valence-corrected chi connectivity index (χ0v) is 19.6. The van der Waals surface area contributed by atoms with Gasteiger partial charge < -0.3 is 15.0 Å². The normalized spacial score (nSPS) is 18.6. The number of hydrogen-bond donors (Lipinski definition) is 1. The summed E-state index contributed by atoms with van der Waals surface area (Å²) < 4.78 is 5.75. The van der Waals surface area contributed by atoms with Crippen molar-refractivity contribution in [1.82, 2.24) is 10.2 Å². The lowest BCUT2D eigenvalue weighted by Gasteiger charge is -2.26. The third-order valence-electron chi connectivity index (χ3n) is 5.98. The van der Waals surface area contributed by atoms with Gasteiger partial charge in [-0.3, -0.25) is 9.59 Å². The van der Waals surface area contributed by atoms with Crippen LogP contribution < -0.4 is 5.32 Å². The molecule has 0 aliphatic carbocycles. The molecule has 1 aliphatic heterocycles. The van der Waals surface area contributed by atoms with Crippen molar-refractivity contribution in [2.45, 2.75) is 59.1 Å². The maximum Gasteiger partial charge on any atom is 0.227 e. The van der Waals surface area contributed by atoms with Crippen molar-refractivity contribution in [3.8, 4) is 0 Å². The number of nitrogens with zero attached hydrogens (tertiary/aromatic N) is 1. The van der Waals surface area contributed by atoms with Crippen molar-refractivity contribution in [3.63, 3.8) is 0 Å². The summed E-state index contributed by atoms with van der Waals surface area (Å²) in [6.07, 6.45) is 9.17. The Morgan fingerprint density at radius 1 is 1.13 bits per heavy atom. The summed E-state index contributed by atoms with van der Waals surface area (Å²) in [6.45, 7) is 9.21. The Morgan fingerprint density at radius 2 is 1.77 bits per heavy atom. The number of rotatable bonds is 10. The summed E-state index contributed by atoms with van der Waals surface area (Å²) >= 11 is 0. The van der Waals surface area contributed by atoms with Gasteiger partial charge in [-0.25, -0.2) is 0 Å². The van der Waals surface area contributed by atoms with E-state index in [1.165, 1.54) is 12.5 Å². The van der Waals surface area contributed by atoms with Gasteiger partial charge in [-0.1, -0.05) is 68.0 Å². The molecule has 5 nitrogen and oxygen atoms in total. The van der Waals surface area contributed by atoms with Gasteiger partial charge >= 0.3 is 0 Å². The van der Waals surface area contributed by atoms with Crippen molar-refractivity contribution < 1.29 is 14.3 Å². The van der Waals surface area contributed by atoms with E-state index in [0.29, 0.717) is 0 Å². The molecule has 0 aromatic heterocycles. The second-order valence-electron chi connectivity index (χ2n) is 8.64. The maximum absolute atomic E-state index is 12.8. The number of carbonyl (C=O) groups excluding carboxylic acids is 2. The first-order valence-corrected chi connectivity index (χ1v) is 11.3. The molecular weight excluding hydrogens is 388 g/mol. The first kappa shape index (κ1) is 24.9. The second kappa shape index (κ2) is 12.5. The molecule has 1 aliphatic rings. The highest BCUT2D eigenvalue weighted by Crippen LogP contribution is 2.19. The summed E-state index contributed by atoms with van der Waals surface area (Å²) in [5.41, 5.74) is 2.33. The van der Waals surface area contributed by atoms with Gasteiger partial charge in [0.1, 0.15) is 0 Å². The minimum absolute atomic E-state index is 0.0764. The van der Waals surface area contributed by atoms with Gasteiger partial charge in [-0.2, -0.15) is 0 Å². The SMILES string of the molecule is CO[C@@H](Cc1ccccc1)[C@@H](C)/C=C(C)/C=C/[C@H](NC(C)=O)[C@H](C)C(=O)N1CCCC1. The van der Waals surface area contributed by atoms with Crippen LogP contribution in [0.1, 0.15) is 46.1 Å². The molecule has 2 amide bonds. The number of nitrogens with one attached hydrogen (secondary N) is 1. The molecule has 0 saturated carbocycles. The zero-order valence-electron chi connectivity index (χ0n) is 19.6. The Hall–Kier alpha value is -2.40. The molecule has 1 aromatic carbocycles. The van der Waals surface area contributed by atoms with Gasteiger partial charge in [0.2, 0.25) is 11.8 Å². The summed E-state index contributed by atoms with van der Waals surface area (Å²) in [4.78, 5) is 26.4. The van der Waals surface area contributed by atoms with Crippen LogP contribution in [0.4, 0.5) is 0 Å². The number of hydrogen-bond acceptors (Lipinski definition) is 3. The van der Waals surface area contributed by atoms with Crippen LogP contribution in [0.5, 0.6) is 0 Å². The minimum atomic E-state index is -0.327. The molecule has 1 heterocycles. The van der Waals surface area contributed by atoms with E-state index in [1.54, 1.807) is 7.11 Å². The maximum atomic E-state index is 12.8. The van der Waals surface area contributed by atoms with Gasteiger partial charge in [0.25, 0.3) is 0 Å². The van der Waals surface area contributed by atoms with E-state index < -0.39 is 0 Å². The Labute approximate surface area is 187 Å². The largest absolute Gasteiger partial charge is 0.381 e. The smallest absolute Gasteiger partial charge is 0.227 e. The molecule has 0 unspecified atom stereocenters. The number of methoxy groups -OCH3 is 1. The van der Waals surface area contributed by atoms with Gasteiger partial charge in [0.15, 0.2) is 0 Å². The molecule has 1 aromatic rings. The third kappa shape index (κ3) is 7.98. The van der Waals surface area contributed by atoms with Crippen LogP contribution in [0.2, 0.25) is 0 Å². The lowest BCUT2D eigenvalue weighted by Crippen LogP contribution is -2.44. The van der Waals surface area contributed by atoms with Crippen LogP contribution in [0, 0.1) is 11.8 Å². The Balaban J connectivity index is 2.05. The van der Waals surface area contributed by atoms with Gasteiger partial charge in [-0.05, 0) is 31.7 Å². The number of benzene rings is 1. The van der Waals surface area contributed by atoms with E-state index in [9.17, 15) is 9.59 Å². The Morgan fingerprint density at radius 3 is 2.35 bits per heavy atom. The first-order chi connectivity index (χ1) is 14.8. The van der Waals surface area contributed by atoms with Crippen molar-refractivity contribution in [1.29, 1.82) is 0 Å². The van der Waals surface area contributed by atoms with E-state index in [4.69, 9.17) is 4.74 Å². The van der Waals surface area contributed by atoms with Crippen LogP contribution in [-0.2, 0) is 20.7 Å². The minimum Gasteiger partial charge on any atom is -0.381 e. The fraction of sp³-hybridized carbons (Fsp3) is 0.538. The fourth-order valence-corrected chi connectivity index (χ4v) is 4.12. The standard InChI is InChI=1S/C26H38N2O3/c1-19(17-20(2)25(31-5)18-23-11-7-6-8-12-23)13-14-24(27-22(4)29)21(3)26(30)28-15-9-10-16-28/h6-8,11-14,17,20-21,24-25H,9-10,15-16,18H2,1-5H3,(H,27,29)/b14-13+,19-17+/t20-,21-,24-,25-/m0/s1. The molecule has 31 heavy (non-hydrogen) atoms. The number of likely N-dealkylation sites (tertiary alicyclic amines) is 1. The van der Waals surface area contributed by atoms with Crippen LogP contribution >= 0.6 is 0 Å². The Bertz CT molecular complexity index is 766. The zero-order chi connectivity index (χ0) is 22.8. The average Bonchev–Trinajstić information content (AvgIpc) is 3.29. The predicted octanol–water partition coefficient (Wildman–Crippen LogP) is 4.15. The number of ether oxygens (including phenoxy) is 1. The molecule has 2 rings (SSSR count). The van der Waals surface area contributed by atoms with Crippen molar-refractivity contribution in [2.75, 3.05) is 20.2 Å². The molecule has 0 bridgehead atoms. The fourth-order valence-electron chi connectivity index (χ4n) is 4.12. The molecule has 1 saturated heterocycles. The highest BCUT2D eigenvalue weighted by Gasteiger charge is 2.28. The van der Waals surface area contributed by atoms with E-state index in [1.807, 2.05) is 49.1 Å². The van der Waals surface area contributed by atoms with Crippen molar-refractivity contribution in [2.24, 2.45) is 11.8 Å². The third-order valence-corrected chi connectivity index (χ3v) is 5.98. The summed E-state index contributed by atoms with van der Waals surface area (Å²) in [5, 5.41) is 2.93. The topological polar surface area (TPSA) is 58.6 Å². The summed E-state index contributed by atoms with van der Waals surface area (Å²) in [6, 6.07) is 10.0. The average molecular weight is 427 g/mol. The van der Waals surface area contributed by atoms with E-state index >= 15 is 0 Å². The lowest BCUT2D eigenvalue weighted by molar-refractivity contribution is -0.134. The number of carbonyl (C=O) groups is 2. The predicted molar refractivity (Wildman–Crippen MR) is 126 cm³/mol. The van der Waals surface area contributed by atoms with Gasteiger partial charge in [-0.15, -0.1) is 0 Å². The summed E-state index contributed by atoms with van der Waals surface area (Å²) in [5.74, 6) is -0.0998. The molecule has 5 heteroatoms. The van der Waals surface area contributed by atoms with Crippen LogP contribution in [-0.4, -0.2) is 49.1 Å². The number of amides is 2. The van der Waals surface area contributed by atoms with E-state index in [2.05, 4.69) is 30.4 Å². The van der Waals surface area contributed by atoms with E-state index in [0.717, 1.165) is 37.9 Å². The monoisotopic (exact) mass is 426 g/mol. The highest BCUT2D eigenvalue weighted by atomic mass is 16.5. The number of allylic oxidation sites excluding steroid dienone is 2. The second-order valence-corrected chi connectivity index (χ2v) is 8.64. The molecule has 0 radical (unpaired) electrons. The van der Waals surface area contributed by atoms with Gasteiger partial charge in [0, 0.05) is 33.0 Å². The molecule has 0 spiro atoms. The van der Waals surface area contributed by atoms with Crippen molar-refractivity contribution in [3.05, 3.63) is 59.7 Å². The lowest BCUT2D eigenvalue weighted by atomic mass is 9.94. The molecule has 1 N–H and O–H groups in total. The first-order valence-electron chi connectivity index (χ1n) is 11.3. The quantitative estimate of drug-likeness (QED) is 0.572. The summed E-state index contributed by atoms with van der Waals surface area (Å²) in [7, 11) is 1.75. The molecular formula is C26H38N2O3. The highest BCUT2D eigenvalue weighted by molar-refractivity contribution is 5.81. The van der Waals surface area contributed by atoms with Crippen molar-refractivity contribution >= 4 is 11.8 Å². The van der Waals surface area contributed by atoms with Crippen LogP contribution in [0.3, 0.4) is 0 Å². The molecule has 1 fully saturated rings. The van der Waals surface area contributed by atoms with E-state index in [-0.39, 0.29) is 35.8 Å². The van der Waals surface area contributed by atoms with Crippen LogP contribution in [0.25, 0.3) is 0 Å². The van der Waals surface area contributed by atoms with Gasteiger partial charge in [0.05, 0.1) is 18.1 Å². The molecule has 170 valence electrons.